The fourth-order valence-electron chi connectivity index (χ4n) is 2.43. The molecule has 24 heavy (non-hydrogen) atoms. The second-order valence-corrected chi connectivity index (χ2v) is 7.53. The number of unbranched alkanes of at least 4 members (excludes halogenated alkanes) is 9. The van der Waals surface area contributed by atoms with Crippen molar-refractivity contribution < 1.29 is 74.6 Å². The molecule has 0 atom stereocenters. The Morgan fingerprint density at radius 2 is 1.25 bits per heavy atom. The number of para-hydroxylation sites is 1. The Balaban J connectivity index is -0.000000605. The fourth-order valence-corrected chi connectivity index (χ4v) is 3.48. The van der Waals surface area contributed by atoms with Crippen molar-refractivity contribution >= 4 is 10.1 Å². The monoisotopic (exact) mass is 374 g/mol. The Hall–Kier alpha value is 0.970. The molecule has 1 aromatic carbocycles. The Bertz CT molecular complexity index is 488. The van der Waals surface area contributed by atoms with Crippen molar-refractivity contribution in [1.82, 2.24) is 0 Å². The first kappa shape index (κ1) is 27.2. The van der Waals surface area contributed by atoms with E-state index in [0.29, 0.717) is 12.2 Å². The Kier molecular flexibility index (Phi) is 19.7. The van der Waals surface area contributed by atoms with E-state index in [4.69, 9.17) is 4.18 Å². The first-order valence-corrected chi connectivity index (χ1v) is 10.2. The van der Waals surface area contributed by atoms with E-state index in [-0.39, 0.29) is 67.7 Å². The third-order valence-corrected chi connectivity index (χ3v) is 4.95. The van der Waals surface area contributed by atoms with E-state index in [1.54, 1.807) is 24.3 Å². The summed E-state index contributed by atoms with van der Waals surface area (Å²) in [4.78, 5) is 0. The summed E-state index contributed by atoms with van der Waals surface area (Å²) in [6.07, 6.45) is 11.9. The van der Waals surface area contributed by atoms with Crippen LogP contribution >= 0.6 is 0 Å². The molecule has 0 aliphatic heterocycles. The summed E-state index contributed by atoms with van der Waals surface area (Å²) >= 11 is 0. The van der Waals surface area contributed by atoms with Crippen molar-refractivity contribution in [2.24, 2.45) is 0 Å². The van der Waals surface area contributed by atoms with Crippen molar-refractivity contribution in [2.75, 3.05) is 5.75 Å². The molecule has 0 saturated carbocycles. The zero-order valence-electron chi connectivity index (χ0n) is 17.8. The predicted molar refractivity (Wildman–Crippen MR) is 94.9 cm³/mol. The second kappa shape index (κ2) is 17.4. The van der Waals surface area contributed by atoms with E-state index in [1.807, 2.05) is 6.07 Å². The minimum Gasteiger partial charge on any atom is -1.00 e. The van der Waals surface area contributed by atoms with Gasteiger partial charge in [0.1, 0.15) is 5.75 Å². The zero-order valence-corrected chi connectivity index (χ0v) is 20.6. The maximum atomic E-state index is 11.8. The van der Waals surface area contributed by atoms with Gasteiger partial charge in [0.2, 0.25) is 0 Å². The minimum absolute atomic E-state index is 0. The second-order valence-electron chi connectivity index (χ2n) is 5.84. The molecule has 0 aliphatic rings. The SMILES string of the molecule is CCCCCCCCCCCCS(=O)(=O)Oc1ccccc1.[H-].[H-].[Na+].[Na+]. The van der Waals surface area contributed by atoms with E-state index < -0.39 is 10.1 Å². The molecule has 1 rings (SSSR count). The Morgan fingerprint density at radius 3 is 1.75 bits per heavy atom. The van der Waals surface area contributed by atoms with E-state index >= 15 is 0 Å². The van der Waals surface area contributed by atoms with Crippen LogP contribution in [-0.2, 0) is 10.1 Å². The average molecular weight is 374 g/mol. The van der Waals surface area contributed by atoms with Crippen LogP contribution in [0.1, 0.15) is 74.0 Å². The van der Waals surface area contributed by atoms with Crippen molar-refractivity contribution in [3.8, 4) is 5.75 Å². The Morgan fingerprint density at radius 1 is 0.792 bits per heavy atom. The summed E-state index contributed by atoms with van der Waals surface area (Å²) in [6.45, 7) is 2.23. The van der Waals surface area contributed by atoms with Gasteiger partial charge in [-0.2, -0.15) is 8.42 Å². The van der Waals surface area contributed by atoms with Gasteiger partial charge in [-0.1, -0.05) is 82.9 Å². The molecule has 1 aromatic rings. The summed E-state index contributed by atoms with van der Waals surface area (Å²) in [5.41, 5.74) is 0. The van der Waals surface area contributed by atoms with Crippen LogP contribution in [0.4, 0.5) is 0 Å². The van der Waals surface area contributed by atoms with Gasteiger partial charge in [-0.3, -0.25) is 0 Å². The van der Waals surface area contributed by atoms with Gasteiger partial charge in [0.15, 0.2) is 0 Å². The molecule has 6 heteroatoms. The molecule has 0 aliphatic carbocycles. The first-order valence-electron chi connectivity index (χ1n) is 8.61. The summed E-state index contributed by atoms with van der Waals surface area (Å²) < 4.78 is 28.7. The van der Waals surface area contributed by atoms with Crippen LogP contribution in [0.3, 0.4) is 0 Å². The molecule has 0 saturated heterocycles. The van der Waals surface area contributed by atoms with Gasteiger partial charge in [0.25, 0.3) is 0 Å². The molecule has 130 valence electrons. The molecule has 0 heterocycles. The molecular weight excluding hydrogens is 342 g/mol. The first-order chi connectivity index (χ1) is 10.6. The maximum Gasteiger partial charge on any atom is 1.00 e. The summed E-state index contributed by atoms with van der Waals surface area (Å²) in [5.74, 6) is 0.507. The number of rotatable bonds is 13. The van der Waals surface area contributed by atoms with Crippen LogP contribution in [0.2, 0.25) is 0 Å². The summed E-state index contributed by atoms with van der Waals surface area (Å²) in [7, 11) is -3.44. The molecule has 0 radical (unpaired) electrons. The molecule has 0 aromatic heterocycles. The molecule has 0 bridgehead atoms. The quantitative estimate of drug-likeness (QED) is 0.267. The largest absolute Gasteiger partial charge is 1.00 e. The average Bonchev–Trinajstić information content (AvgIpc) is 2.49. The van der Waals surface area contributed by atoms with Crippen LogP contribution in [-0.4, -0.2) is 14.2 Å². The van der Waals surface area contributed by atoms with E-state index in [2.05, 4.69) is 6.92 Å². The molecule has 0 fully saturated rings. The Labute approximate surface area is 196 Å². The maximum absolute atomic E-state index is 11.8. The van der Waals surface area contributed by atoms with Gasteiger partial charge >= 0.3 is 69.2 Å². The number of hydrogen-bond acceptors (Lipinski definition) is 3. The van der Waals surface area contributed by atoms with Crippen LogP contribution < -0.4 is 63.3 Å². The molecule has 0 unspecified atom stereocenters. The zero-order chi connectivity index (χ0) is 16.1. The minimum atomic E-state index is -3.44. The smallest absolute Gasteiger partial charge is 1.00 e. The summed E-state index contributed by atoms with van der Waals surface area (Å²) in [5, 5.41) is 0. The third-order valence-electron chi connectivity index (χ3n) is 3.71. The van der Waals surface area contributed by atoms with E-state index in [9.17, 15) is 8.42 Å². The normalized spacial score (nSPS) is 10.5. The van der Waals surface area contributed by atoms with Gasteiger partial charge in [0, 0.05) is 0 Å². The van der Waals surface area contributed by atoms with Gasteiger partial charge in [-0.15, -0.1) is 0 Å². The molecular formula is C18H32Na2O3S. The number of hydrogen-bond donors (Lipinski definition) is 0. The molecule has 3 nitrogen and oxygen atoms in total. The van der Waals surface area contributed by atoms with Crippen molar-refractivity contribution in [2.45, 2.75) is 71.1 Å². The third kappa shape index (κ3) is 15.2. The number of benzene rings is 1. The molecule has 0 spiro atoms. The van der Waals surface area contributed by atoms with Crippen LogP contribution in [0.15, 0.2) is 30.3 Å². The summed E-state index contributed by atoms with van der Waals surface area (Å²) in [6, 6.07) is 8.70. The van der Waals surface area contributed by atoms with Gasteiger partial charge in [0.05, 0.1) is 5.75 Å². The topological polar surface area (TPSA) is 43.4 Å². The molecule has 0 amide bonds. The van der Waals surface area contributed by atoms with Crippen LogP contribution in [0.5, 0.6) is 5.75 Å². The van der Waals surface area contributed by atoms with Gasteiger partial charge in [-0.25, -0.2) is 0 Å². The van der Waals surface area contributed by atoms with E-state index in [1.165, 1.54) is 44.9 Å². The van der Waals surface area contributed by atoms with Gasteiger partial charge < -0.3 is 7.04 Å². The van der Waals surface area contributed by atoms with Crippen LogP contribution in [0, 0.1) is 0 Å². The van der Waals surface area contributed by atoms with Gasteiger partial charge in [-0.05, 0) is 18.6 Å². The van der Waals surface area contributed by atoms with Crippen LogP contribution in [0.25, 0.3) is 0 Å². The van der Waals surface area contributed by atoms with Crippen molar-refractivity contribution in [3.63, 3.8) is 0 Å². The van der Waals surface area contributed by atoms with E-state index in [0.717, 1.165) is 12.8 Å². The predicted octanol–water partition coefficient (Wildman–Crippen LogP) is -0.451. The molecule has 0 N–H and O–H groups in total. The fraction of sp³-hybridized carbons (Fsp3) is 0.667. The van der Waals surface area contributed by atoms with Crippen molar-refractivity contribution in [3.05, 3.63) is 30.3 Å². The van der Waals surface area contributed by atoms with Crippen molar-refractivity contribution in [1.29, 1.82) is 0 Å². The standard InChI is InChI=1S/C18H30O3S.2Na.2H/c1-2-3-4-5-6-7-8-9-10-14-17-22(19,20)21-18-15-12-11-13-16-18;;;;/h11-13,15-16H,2-10,14,17H2,1H3;;;;/q;2*+1;2*-1.